The minimum atomic E-state index is -0.876. The van der Waals surface area contributed by atoms with Crippen molar-refractivity contribution >= 4 is 36.3 Å². The molecule has 313 valence electrons. The molecular formula is C41H72IrN5O6S-. The summed E-state index contributed by atoms with van der Waals surface area (Å²) in [6, 6.07) is 6.53. The van der Waals surface area contributed by atoms with Crippen LogP contribution in [0.1, 0.15) is 107 Å². The van der Waals surface area contributed by atoms with Crippen molar-refractivity contribution in [3.63, 3.8) is 0 Å². The van der Waals surface area contributed by atoms with Crippen LogP contribution >= 0.6 is 0 Å². The van der Waals surface area contributed by atoms with Gasteiger partial charge in [0.1, 0.15) is 6.04 Å². The van der Waals surface area contributed by atoms with Crippen LogP contribution in [0.2, 0.25) is 0 Å². The Balaban J connectivity index is 0.0000281. The van der Waals surface area contributed by atoms with E-state index in [1.807, 2.05) is 90.7 Å². The summed E-state index contributed by atoms with van der Waals surface area (Å²) in [7, 11) is 5.17. The summed E-state index contributed by atoms with van der Waals surface area (Å²) in [4.78, 5) is 61.1. The van der Waals surface area contributed by atoms with Crippen LogP contribution in [0.25, 0.3) is 0 Å². The fraction of sp³-hybridized carbons (Fsp3) is 0.756. The van der Waals surface area contributed by atoms with Gasteiger partial charge in [0.2, 0.25) is 23.6 Å². The number of hydrogen-bond acceptors (Lipinski definition) is 8. The first-order chi connectivity index (χ1) is 24.9. The molecule has 13 heteroatoms. The minimum Gasteiger partial charge on any atom is -0.791 e. The molecule has 0 heterocycles. The van der Waals surface area contributed by atoms with Gasteiger partial charge in [0, 0.05) is 46.8 Å². The third-order valence-corrected chi connectivity index (χ3v) is 11.0. The molecule has 1 rings (SSSR count). The Kier molecular flexibility index (Phi) is 25.0. The van der Waals surface area contributed by atoms with E-state index in [2.05, 4.69) is 17.6 Å². The first-order valence-corrected chi connectivity index (χ1v) is 20.2. The van der Waals surface area contributed by atoms with Crippen LogP contribution in [0, 0.1) is 23.7 Å². The quantitative estimate of drug-likeness (QED) is 0.126. The Hall–Kier alpha value is -2.02. The molecule has 1 aromatic rings. The van der Waals surface area contributed by atoms with Crippen molar-refractivity contribution in [3.05, 3.63) is 35.9 Å². The average molecular weight is 955 g/mol. The molecule has 0 aliphatic heterocycles. The zero-order valence-corrected chi connectivity index (χ0v) is 38.5. The molecule has 1 aromatic carbocycles. The minimum absolute atomic E-state index is 0. The molecule has 54 heavy (non-hydrogen) atoms. The molecule has 0 aliphatic carbocycles. The summed E-state index contributed by atoms with van der Waals surface area (Å²) in [6.45, 7) is 20.4. The maximum absolute atomic E-state index is 14.3. The Morgan fingerprint density at radius 2 is 1.46 bits per heavy atom. The van der Waals surface area contributed by atoms with Crippen LogP contribution in [0.4, 0.5) is 0 Å². The number of likely N-dealkylation sites (N-methyl/N-ethyl adjacent to an activating group) is 2. The van der Waals surface area contributed by atoms with E-state index in [9.17, 15) is 24.3 Å². The zero-order chi connectivity index (χ0) is 40.6. The number of nitrogens with one attached hydrogen (secondary N) is 2. The zero-order valence-electron chi connectivity index (χ0n) is 35.3. The standard InChI is InChI=1S/C41H73N5O6S.Ir/c1-14-16-22-46(31(10)29(8)39(49)42-30(9)38(48)32-20-18-17-19-21-32)34(47)25-33(52-13)37(28(7)15-2)45(12)41(51)35(26(3)4)43-40(50)36(27(5)6)44(11)23-24-53;/h17-21,26-31,33,35-38,48,53H,14-16,22-25H2,1-13H3,(H,42,49)(H,43,50);/p-1/t28?,29?,30?,31?,33?,35-,36?,37?,38?;/m0./s1. The molecule has 3 N–H and O–H groups in total. The summed E-state index contributed by atoms with van der Waals surface area (Å²) >= 11 is 5.17. The van der Waals surface area contributed by atoms with Crippen LogP contribution in [-0.2, 0) is 56.6 Å². The van der Waals surface area contributed by atoms with E-state index in [1.54, 1.807) is 37.8 Å². The van der Waals surface area contributed by atoms with E-state index in [-0.39, 0.29) is 67.9 Å². The van der Waals surface area contributed by atoms with Crippen LogP contribution in [-0.4, -0.2) is 120 Å². The first-order valence-electron chi connectivity index (χ1n) is 19.6. The number of ether oxygens (including phenoxy) is 1. The van der Waals surface area contributed by atoms with Gasteiger partial charge in [-0.1, -0.05) is 98.6 Å². The Bertz CT molecular complexity index is 1260. The molecule has 11 nitrogen and oxygen atoms in total. The van der Waals surface area contributed by atoms with E-state index in [1.165, 1.54) is 0 Å². The molecule has 0 spiro atoms. The summed E-state index contributed by atoms with van der Waals surface area (Å²) in [6.07, 6.45) is 0.843. The van der Waals surface area contributed by atoms with Crippen molar-refractivity contribution in [1.82, 2.24) is 25.3 Å². The van der Waals surface area contributed by atoms with Crippen LogP contribution in [0.15, 0.2) is 30.3 Å². The molecule has 9 atom stereocenters. The number of aliphatic hydroxyl groups is 1. The van der Waals surface area contributed by atoms with Gasteiger partial charge < -0.3 is 42.9 Å². The molecule has 0 saturated carbocycles. The van der Waals surface area contributed by atoms with E-state index in [0.29, 0.717) is 24.4 Å². The monoisotopic (exact) mass is 955 g/mol. The fourth-order valence-corrected chi connectivity index (χ4v) is 7.32. The van der Waals surface area contributed by atoms with Gasteiger partial charge in [-0.2, -0.15) is 5.75 Å². The number of unbranched alkanes of at least 4 members (excludes halogenated alkanes) is 1. The number of nitrogens with zero attached hydrogens (tertiary/aromatic N) is 3. The van der Waals surface area contributed by atoms with Crippen molar-refractivity contribution < 1.29 is 49.1 Å². The van der Waals surface area contributed by atoms with Gasteiger partial charge >= 0.3 is 0 Å². The fourth-order valence-electron chi connectivity index (χ4n) is 7.03. The van der Waals surface area contributed by atoms with Gasteiger partial charge in [0.05, 0.1) is 42.7 Å². The normalized spacial score (nSPS) is 16.6. The third-order valence-electron chi connectivity index (χ3n) is 10.8. The van der Waals surface area contributed by atoms with Crippen LogP contribution in [0.3, 0.4) is 0 Å². The molecule has 1 radical (unpaired) electrons. The smallest absolute Gasteiger partial charge is 0.245 e. The number of amides is 4. The molecule has 8 unspecified atom stereocenters. The van der Waals surface area contributed by atoms with E-state index in [0.717, 1.165) is 19.3 Å². The predicted molar refractivity (Wildman–Crippen MR) is 216 cm³/mol. The first kappa shape index (κ1) is 52.0. The second-order valence-electron chi connectivity index (χ2n) is 15.5. The van der Waals surface area contributed by atoms with Crippen LogP contribution < -0.4 is 10.6 Å². The molecule has 0 aromatic heterocycles. The topological polar surface area (TPSA) is 132 Å². The van der Waals surface area contributed by atoms with Crippen molar-refractivity contribution in [2.75, 3.05) is 40.0 Å². The van der Waals surface area contributed by atoms with Crippen molar-refractivity contribution in [2.45, 2.75) is 137 Å². The number of rotatable bonds is 24. The molecule has 0 fully saturated rings. The summed E-state index contributed by atoms with van der Waals surface area (Å²) in [5.41, 5.74) is 0.711. The number of aliphatic hydroxyl groups excluding tert-OH is 1. The largest absolute Gasteiger partial charge is 0.791 e. The maximum atomic E-state index is 14.3. The Morgan fingerprint density at radius 1 is 0.870 bits per heavy atom. The van der Waals surface area contributed by atoms with E-state index < -0.39 is 48.3 Å². The Labute approximate surface area is 346 Å². The molecular weight excluding hydrogens is 883 g/mol. The number of benzene rings is 1. The van der Waals surface area contributed by atoms with Gasteiger partial charge in [0.25, 0.3) is 0 Å². The van der Waals surface area contributed by atoms with Gasteiger partial charge in [-0.05, 0) is 57.2 Å². The number of hydrogen-bond donors (Lipinski definition) is 3. The van der Waals surface area contributed by atoms with E-state index in [4.69, 9.17) is 17.4 Å². The third kappa shape index (κ3) is 15.1. The molecule has 0 bridgehead atoms. The van der Waals surface area contributed by atoms with Gasteiger partial charge in [-0.15, -0.1) is 0 Å². The molecule has 0 saturated heterocycles. The second-order valence-corrected chi connectivity index (χ2v) is 15.9. The van der Waals surface area contributed by atoms with Crippen molar-refractivity contribution in [2.24, 2.45) is 23.7 Å². The van der Waals surface area contributed by atoms with Gasteiger partial charge in [0.15, 0.2) is 0 Å². The van der Waals surface area contributed by atoms with Crippen molar-refractivity contribution in [3.8, 4) is 0 Å². The number of carbonyl (C=O) groups excluding carboxylic acids is 4. The number of methoxy groups -OCH3 is 1. The molecule has 0 aliphatic rings. The van der Waals surface area contributed by atoms with Gasteiger partial charge in [-0.25, -0.2) is 0 Å². The number of carbonyl (C=O) groups is 4. The average Bonchev–Trinajstić information content (AvgIpc) is 3.12. The summed E-state index contributed by atoms with van der Waals surface area (Å²) < 4.78 is 6.04. The Morgan fingerprint density at radius 3 is 1.94 bits per heavy atom. The molecule has 4 amide bonds. The second kappa shape index (κ2) is 26.0. The van der Waals surface area contributed by atoms with Crippen LogP contribution in [0.5, 0.6) is 0 Å². The van der Waals surface area contributed by atoms with Gasteiger partial charge in [-0.3, -0.25) is 24.1 Å². The predicted octanol–water partition coefficient (Wildman–Crippen LogP) is 4.80. The maximum Gasteiger partial charge on any atom is 0.245 e. The SMILES string of the molecule is CCCCN(C(=O)CC(OC)C(C(C)CC)N(C)C(=O)[C@@H](NC(=O)C(C(C)C)N(C)CC[S-])C(C)C)C(C)C(C)C(=O)NC(C)C(O)c1ccccc1.[Ir]. The van der Waals surface area contributed by atoms with Crippen molar-refractivity contribution in [1.29, 1.82) is 0 Å². The van der Waals surface area contributed by atoms with E-state index >= 15 is 0 Å². The summed E-state index contributed by atoms with van der Waals surface area (Å²) in [5, 5.41) is 16.9. The summed E-state index contributed by atoms with van der Waals surface area (Å²) in [5.74, 6) is -1.16.